The third kappa shape index (κ3) is 2.92. The highest BCUT2D eigenvalue weighted by molar-refractivity contribution is 5.98. The van der Waals surface area contributed by atoms with Crippen LogP contribution < -0.4 is 0 Å². The van der Waals surface area contributed by atoms with Crippen LogP contribution in [0.4, 0.5) is 0 Å². The quantitative estimate of drug-likeness (QED) is 0.577. The number of ether oxygens (including phenoxy) is 1. The number of carbonyl (C=O) groups is 2. The molecule has 0 aromatic heterocycles. The summed E-state index contributed by atoms with van der Waals surface area (Å²) in [7, 11) is 1.35. The van der Waals surface area contributed by atoms with Crippen molar-refractivity contribution in [3.05, 3.63) is 34.9 Å². The lowest BCUT2D eigenvalue weighted by Gasteiger charge is -2.08. The van der Waals surface area contributed by atoms with Crippen LogP contribution in [0.25, 0.3) is 0 Å². The van der Waals surface area contributed by atoms with E-state index in [-0.39, 0.29) is 18.2 Å². The fourth-order valence-corrected chi connectivity index (χ4v) is 1.56. The van der Waals surface area contributed by atoms with E-state index in [0.717, 1.165) is 11.1 Å². The van der Waals surface area contributed by atoms with Crippen molar-refractivity contribution < 1.29 is 14.3 Å². The van der Waals surface area contributed by atoms with Gasteiger partial charge in [-0.3, -0.25) is 9.59 Å². The van der Waals surface area contributed by atoms with E-state index in [9.17, 15) is 9.59 Å². The van der Waals surface area contributed by atoms with Crippen molar-refractivity contribution in [2.45, 2.75) is 26.7 Å². The van der Waals surface area contributed by atoms with Crippen LogP contribution in [0.2, 0.25) is 0 Å². The summed E-state index contributed by atoms with van der Waals surface area (Å²) in [4.78, 5) is 22.9. The average Bonchev–Trinajstić information content (AvgIpc) is 2.28. The van der Waals surface area contributed by atoms with Gasteiger partial charge in [-0.15, -0.1) is 0 Å². The van der Waals surface area contributed by atoms with Crippen LogP contribution in [0.5, 0.6) is 0 Å². The Morgan fingerprint density at radius 2 is 2.00 bits per heavy atom. The van der Waals surface area contributed by atoms with Gasteiger partial charge >= 0.3 is 5.97 Å². The van der Waals surface area contributed by atoms with E-state index in [0.29, 0.717) is 12.0 Å². The maximum absolute atomic E-state index is 11.7. The fraction of sp³-hybridized carbons (Fsp3) is 0.385. The van der Waals surface area contributed by atoms with E-state index in [2.05, 4.69) is 4.74 Å². The van der Waals surface area contributed by atoms with Crippen molar-refractivity contribution in [2.24, 2.45) is 0 Å². The van der Waals surface area contributed by atoms with E-state index < -0.39 is 0 Å². The first kappa shape index (κ1) is 12.4. The molecule has 0 radical (unpaired) electrons. The summed E-state index contributed by atoms with van der Waals surface area (Å²) in [6.07, 6.45) is 0.594. The van der Waals surface area contributed by atoms with Gasteiger partial charge in [-0.2, -0.15) is 0 Å². The van der Waals surface area contributed by atoms with Gasteiger partial charge in [0.2, 0.25) is 0 Å². The number of hydrogen-bond donors (Lipinski definition) is 0. The Kier molecular flexibility index (Phi) is 4.23. The van der Waals surface area contributed by atoms with Gasteiger partial charge in [0.05, 0.1) is 13.5 Å². The highest BCUT2D eigenvalue weighted by Gasteiger charge is 2.12. The molecule has 0 aliphatic heterocycles. The van der Waals surface area contributed by atoms with E-state index >= 15 is 0 Å². The van der Waals surface area contributed by atoms with Gasteiger partial charge in [0.25, 0.3) is 0 Å². The largest absolute Gasteiger partial charge is 0.469 e. The molecule has 1 rings (SSSR count). The zero-order valence-electron chi connectivity index (χ0n) is 9.87. The minimum absolute atomic E-state index is 0.0545. The minimum atomic E-state index is -0.323. The number of hydrogen-bond acceptors (Lipinski definition) is 3. The molecule has 0 N–H and O–H groups in total. The molecule has 0 amide bonds. The summed E-state index contributed by atoms with van der Waals surface area (Å²) >= 11 is 0. The van der Waals surface area contributed by atoms with E-state index in [1.807, 2.05) is 26.0 Å². The number of aryl methyl sites for hydroxylation is 1. The molecule has 0 unspecified atom stereocenters. The molecule has 0 bridgehead atoms. The first-order chi connectivity index (χ1) is 7.58. The molecule has 0 saturated carbocycles. The van der Waals surface area contributed by atoms with Crippen molar-refractivity contribution in [3.8, 4) is 0 Å². The molecule has 86 valence electrons. The van der Waals surface area contributed by atoms with Gasteiger partial charge in [0.15, 0.2) is 5.78 Å². The summed E-state index contributed by atoms with van der Waals surface area (Å²) in [5.74, 6) is -0.269. The SMILES string of the molecule is CCC(=O)c1ccc(C)cc1CC(=O)OC. The lowest BCUT2D eigenvalue weighted by molar-refractivity contribution is -0.139. The normalized spacial score (nSPS) is 9.94. The highest BCUT2D eigenvalue weighted by atomic mass is 16.5. The number of carbonyl (C=O) groups excluding carboxylic acids is 2. The number of Topliss-reactive ketones (excluding diaryl/α,β-unsaturated/α-hetero) is 1. The molecular weight excluding hydrogens is 204 g/mol. The summed E-state index contributed by atoms with van der Waals surface area (Å²) in [6, 6.07) is 5.52. The summed E-state index contributed by atoms with van der Waals surface area (Å²) in [5, 5.41) is 0. The van der Waals surface area contributed by atoms with E-state index in [4.69, 9.17) is 0 Å². The molecule has 16 heavy (non-hydrogen) atoms. The first-order valence-electron chi connectivity index (χ1n) is 5.28. The second kappa shape index (κ2) is 5.45. The van der Waals surface area contributed by atoms with Crippen LogP contribution in [0, 0.1) is 6.92 Å². The second-order valence-electron chi connectivity index (χ2n) is 3.69. The van der Waals surface area contributed by atoms with Crippen LogP contribution in [0.15, 0.2) is 18.2 Å². The smallest absolute Gasteiger partial charge is 0.310 e. The molecule has 0 atom stereocenters. The molecule has 0 fully saturated rings. The lowest BCUT2D eigenvalue weighted by atomic mass is 9.97. The van der Waals surface area contributed by atoms with Gasteiger partial charge in [0.1, 0.15) is 0 Å². The molecule has 0 heterocycles. The average molecular weight is 220 g/mol. The van der Waals surface area contributed by atoms with Crippen molar-refractivity contribution in [1.82, 2.24) is 0 Å². The van der Waals surface area contributed by atoms with Crippen molar-refractivity contribution in [2.75, 3.05) is 7.11 Å². The molecule has 0 aliphatic carbocycles. The van der Waals surface area contributed by atoms with E-state index in [1.165, 1.54) is 7.11 Å². The Morgan fingerprint density at radius 1 is 1.31 bits per heavy atom. The monoisotopic (exact) mass is 220 g/mol. The molecule has 0 saturated heterocycles. The maximum Gasteiger partial charge on any atom is 0.310 e. The standard InChI is InChI=1S/C13H16O3/c1-4-12(14)11-6-5-9(2)7-10(11)8-13(15)16-3/h5-7H,4,8H2,1-3H3. The fourth-order valence-electron chi connectivity index (χ4n) is 1.56. The predicted octanol–water partition coefficient (Wildman–Crippen LogP) is 2.30. The van der Waals surface area contributed by atoms with Crippen molar-refractivity contribution >= 4 is 11.8 Å². The Balaban J connectivity index is 3.08. The Bertz CT molecular complexity index is 408. The molecule has 3 nitrogen and oxygen atoms in total. The summed E-state index contributed by atoms with van der Waals surface area (Å²) in [5.41, 5.74) is 2.41. The molecule has 1 aromatic rings. The van der Waals surface area contributed by atoms with Gasteiger partial charge in [-0.1, -0.05) is 30.7 Å². The Labute approximate surface area is 95.4 Å². The van der Waals surface area contributed by atoms with Crippen LogP contribution >= 0.6 is 0 Å². The lowest BCUT2D eigenvalue weighted by Crippen LogP contribution is -2.10. The van der Waals surface area contributed by atoms with Crippen LogP contribution in [0.3, 0.4) is 0 Å². The third-order valence-electron chi connectivity index (χ3n) is 2.44. The zero-order valence-corrected chi connectivity index (χ0v) is 9.87. The molecule has 3 heteroatoms. The molecule has 0 spiro atoms. The van der Waals surface area contributed by atoms with Crippen LogP contribution in [-0.4, -0.2) is 18.9 Å². The van der Waals surface area contributed by atoms with Crippen molar-refractivity contribution in [3.63, 3.8) is 0 Å². The second-order valence-corrected chi connectivity index (χ2v) is 3.69. The van der Waals surface area contributed by atoms with Gasteiger partial charge < -0.3 is 4.74 Å². The summed E-state index contributed by atoms with van der Waals surface area (Å²) in [6.45, 7) is 3.74. The molecule has 1 aromatic carbocycles. The topological polar surface area (TPSA) is 43.4 Å². The number of esters is 1. The van der Waals surface area contributed by atoms with E-state index in [1.54, 1.807) is 6.07 Å². The van der Waals surface area contributed by atoms with Crippen LogP contribution in [-0.2, 0) is 16.0 Å². The highest BCUT2D eigenvalue weighted by Crippen LogP contribution is 2.15. The zero-order chi connectivity index (χ0) is 12.1. The molecule has 0 aliphatic rings. The van der Waals surface area contributed by atoms with Crippen LogP contribution in [0.1, 0.15) is 34.8 Å². The Morgan fingerprint density at radius 3 is 2.56 bits per heavy atom. The number of rotatable bonds is 4. The van der Waals surface area contributed by atoms with Gasteiger partial charge in [-0.05, 0) is 12.5 Å². The maximum atomic E-state index is 11.7. The summed E-state index contributed by atoms with van der Waals surface area (Å²) < 4.78 is 4.61. The third-order valence-corrected chi connectivity index (χ3v) is 2.44. The number of benzene rings is 1. The van der Waals surface area contributed by atoms with Gasteiger partial charge in [-0.25, -0.2) is 0 Å². The number of ketones is 1. The Hall–Kier alpha value is -1.64. The molecular formula is C13H16O3. The minimum Gasteiger partial charge on any atom is -0.469 e. The van der Waals surface area contributed by atoms with Gasteiger partial charge in [0, 0.05) is 12.0 Å². The predicted molar refractivity (Wildman–Crippen MR) is 61.5 cm³/mol. The number of methoxy groups -OCH3 is 1. The van der Waals surface area contributed by atoms with Crippen molar-refractivity contribution in [1.29, 1.82) is 0 Å². The first-order valence-corrected chi connectivity index (χ1v) is 5.28.